The molecule has 1 aromatic carbocycles. The van der Waals surface area contributed by atoms with Gasteiger partial charge in [0.2, 0.25) is 5.91 Å². The maximum absolute atomic E-state index is 12.1. The first-order valence-electron chi connectivity index (χ1n) is 7.65. The molecule has 3 aromatic rings. The van der Waals surface area contributed by atoms with Gasteiger partial charge in [0.15, 0.2) is 10.6 Å². The molecule has 7 heteroatoms. The van der Waals surface area contributed by atoms with E-state index in [4.69, 9.17) is 12.2 Å². The molecular formula is C17H18N4OS2. The van der Waals surface area contributed by atoms with Crippen LogP contribution in [0.3, 0.4) is 0 Å². The Hall–Kier alpha value is -2.25. The van der Waals surface area contributed by atoms with E-state index in [2.05, 4.69) is 15.5 Å². The molecule has 5 nitrogen and oxygen atoms in total. The van der Waals surface area contributed by atoms with E-state index in [1.54, 1.807) is 11.3 Å². The first-order valence-corrected chi connectivity index (χ1v) is 8.93. The van der Waals surface area contributed by atoms with Gasteiger partial charge in [-0.1, -0.05) is 35.9 Å². The Kier molecular flexibility index (Phi) is 5.22. The first-order chi connectivity index (χ1) is 11.6. The standard InChI is InChI=1S/C17H18N4OS2/c1-12-4-6-13(7-5-12)16-19-20-17(23)21(16)9-8-15(22)18-11-14-3-2-10-24-14/h2-7,10H,8-9,11H2,1H3,(H,18,22)(H,20,23). The highest BCUT2D eigenvalue weighted by Crippen LogP contribution is 2.18. The predicted octanol–water partition coefficient (Wildman–Crippen LogP) is 3.68. The SMILES string of the molecule is Cc1ccc(-c2n[nH]c(=S)n2CCC(=O)NCc2cccs2)cc1. The maximum Gasteiger partial charge on any atom is 0.222 e. The van der Waals surface area contributed by atoms with Crippen molar-refractivity contribution in [3.8, 4) is 11.4 Å². The van der Waals surface area contributed by atoms with Crippen LogP contribution in [-0.2, 0) is 17.9 Å². The molecule has 0 spiro atoms. The second-order valence-corrected chi connectivity index (χ2v) is 6.90. The number of carbonyl (C=O) groups excluding carboxylic acids is 1. The Balaban J connectivity index is 1.65. The summed E-state index contributed by atoms with van der Waals surface area (Å²) < 4.78 is 2.39. The number of nitrogens with one attached hydrogen (secondary N) is 2. The number of aromatic nitrogens is 3. The summed E-state index contributed by atoms with van der Waals surface area (Å²) in [5.74, 6) is 0.757. The zero-order valence-corrected chi connectivity index (χ0v) is 14.9. The number of H-pyrrole nitrogens is 1. The summed E-state index contributed by atoms with van der Waals surface area (Å²) in [6, 6.07) is 12.1. The van der Waals surface area contributed by atoms with Crippen LogP contribution in [0.15, 0.2) is 41.8 Å². The molecule has 0 radical (unpaired) electrons. The number of nitrogens with zero attached hydrogens (tertiary/aromatic N) is 2. The second kappa shape index (κ2) is 7.55. The summed E-state index contributed by atoms with van der Waals surface area (Å²) in [6.45, 7) is 3.10. The zero-order valence-electron chi connectivity index (χ0n) is 13.3. The number of aryl methyl sites for hydroxylation is 1. The van der Waals surface area contributed by atoms with Crippen molar-refractivity contribution in [2.45, 2.75) is 26.4 Å². The lowest BCUT2D eigenvalue weighted by Crippen LogP contribution is -2.23. The number of benzene rings is 1. The molecule has 0 bridgehead atoms. The summed E-state index contributed by atoms with van der Waals surface area (Å²) >= 11 is 6.93. The van der Waals surface area contributed by atoms with Crippen LogP contribution in [0.25, 0.3) is 11.4 Å². The van der Waals surface area contributed by atoms with Crippen molar-refractivity contribution in [2.75, 3.05) is 0 Å². The van der Waals surface area contributed by atoms with E-state index in [0.29, 0.717) is 24.3 Å². The molecule has 24 heavy (non-hydrogen) atoms. The monoisotopic (exact) mass is 358 g/mol. The Morgan fingerprint density at radius 1 is 1.33 bits per heavy atom. The third-order valence-corrected chi connectivity index (χ3v) is 4.86. The van der Waals surface area contributed by atoms with E-state index >= 15 is 0 Å². The van der Waals surface area contributed by atoms with Gasteiger partial charge in [-0.3, -0.25) is 14.5 Å². The fraction of sp³-hybridized carbons (Fsp3) is 0.235. The first kappa shape index (κ1) is 16.6. The molecule has 0 saturated carbocycles. The summed E-state index contributed by atoms with van der Waals surface area (Å²) in [4.78, 5) is 13.2. The molecule has 2 heterocycles. The molecule has 0 aliphatic heterocycles. The van der Waals surface area contributed by atoms with Crippen molar-refractivity contribution in [2.24, 2.45) is 0 Å². The minimum Gasteiger partial charge on any atom is -0.351 e. The molecule has 0 aliphatic rings. The van der Waals surface area contributed by atoms with Crippen LogP contribution in [0.2, 0.25) is 0 Å². The molecule has 0 fully saturated rings. The number of amides is 1. The van der Waals surface area contributed by atoms with E-state index in [0.717, 1.165) is 16.3 Å². The number of carbonyl (C=O) groups is 1. The normalized spacial score (nSPS) is 10.7. The molecule has 3 rings (SSSR count). The average molecular weight is 358 g/mol. The number of rotatable bonds is 6. The van der Waals surface area contributed by atoms with Crippen molar-refractivity contribution in [3.63, 3.8) is 0 Å². The van der Waals surface area contributed by atoms with Gasteiger partial charge in [-0.05, 0) is 30.6 Å². The van der Waals surface area contributed by atoms with Crippen molar-refractivity contribution in [1.29, 1.82) is 0 Å². The number of hydrogen-bond donors (Lipinski definition) is 2. The average Bonchev–Trinajstić information content (AvgIpc) is 3.22. The molecule has 124 valence electrons. The van der Waals surface area contributed by atoms with Gasteiger partial charge in [-0.25, -0.2) is 0 Å². The van der Waals surface area contributed by atoms with Crippen molar-refractivity contribution < 1.29 is 4.79 Å². The van der Waals surface area contributed by atoms with Crippen molar-refractivity contribution in [3.05, 3.63) is 57.0 Å². The third-order valence-electron chi connectivity index (χ3n) is 3.67. The van der Waals surface area contributed by atoms with Crippen LogP contribution >= 0.6 is 23.6 Å². The predicted molar refractivity (Wildman–Crippen MR) is 98.4 cm³/mol. The lowest BCUT2D eigenvalue weighted by molar-refractivity contribution is -0.121. The summed E-state index contributed by atoms with van der Waals surface area (Å²) in [7, 11) is 0. The van der Waals surface area contributed by atoms with Crippen LogP contribution in [-0.4, -0.2) is 20.7 Å². The van der Waals surface area contributed by atoms with E-state index in [1.165, 1.54) is 5.56 Å². The van der Waals surface area contributed by atoms with Crippen LogP contribution in [0.5, 0.6) is 0 Å². The number of thiophene rings is 1. The van der Waals surface area contributed by atoms with Gasteiger partial charge in [-0.15, -0.1) is 11.3 Å². The van der Waals surface area contributed by atoms with Gasteiger partial charge >= 0.3 is 0 Å². The maximum atomic E-state index is 12.1. The highest BCUT2D eigenvalue weighted by atomic mass is 32.1. The van der Waals surface area contributed by atoms with Crippen molar-refractivity contribution >= 4 is 29.5 Å². The fourth-order valence-electron chi connectivity index (χ4n) is 2.35. The van der Waals surface area contributed by atoms with Crippen LogP contribution in [0.4, 0.5) is 0 Å². The second-order valence-electron chi connectivity index (χ2n) is 5.48. The Labute approximate surface area is 149 Å². The third kappa shape index (κ3) is 3.98. The minimum absolute atomic E-state index is 0.00126. The largest absolute Gasteiger partial charge is 0.351 e. The molecule has 2 aromatic heterocycles. The number of aromatic amines is 1. The molecule has 1 amide bonds. The smallest absolute Gasteiger partial charge is 0.222 e. The quantitative estimate of drug-likeness (QED) is 0.661. The highest BCUT2D eigenvalue weighted by Gasteiger charge is 2.10. The Bertz CT molecular complexity index is 863. The molecule has 0 unspecified atom stereocenters. The minimum atomic E-state index is 0.00126. The van der Waals surface area contributed by atoms with Gasteiger partial charge in [0.25, 0.3) is 0 Å². The summed E-state index contributed by atoms with van der Waals surface area (Å²) in [6.07, 6.45) is 0.359. The highest BCUT2D eigenvalue weighted by molar-refractivity contribution is 7.71. The van der Waals surface area contributed by atoms with Gasteiger partial charge < -0.3 is 5.32 Å². The van der Waals surface area contributed by atoms with Gasteiger partial charge in [0.05, 0.1) is 6.54 Å². The fourth-order valence-corrected chi connectivity index (χ4v) is 3.22. The van der Waals surface area contributed by atoms with Crippen LogP contribution < -0.4 is 5.32 Å². The van der Waals surface area contributed by atoms with E-state index < -0.39 is 0 Å². The van der Waals surface area contributed by atoms with E-state index in [-0.39, 0.29) is 5.91 Å². The zero-order chi connectivity index (χ0) is 16.9. The van der Waals surface area contributed by atoms with E-state index in [1.807, 2.05) is 53.3 Å². The van der Waals surface area contributed by atoms with Gasteiger partial charge in [0, 0.05) is 23.4 Å². The Morgan fingerprint density at radius 3 is 2.83 bits per heavy atom. The van der Waals surface area contributed by atoms with Gasteiger partial charge in [0.1, 0.15) is 0 Å². The number of hydrogen-bond acceptors (Lipinski definition) is 4. The molecular weight excluding hydrogens is 340 g/mol. The van der Waals surface area contributed by atoms with E-state index in [9.17, 15) is 4.79 Å². The molecule has 2 N–H and O–H groups in total. The van der Waals surface area contributed by atoms with Gasteiger partial charge in [-0.2, -0.15) is 5.10 Å². The topological polar surface area (TPSA) is 62.7 Å². The van der Waals surface area contributed by atoms with Crippen molar-refractivity contribution in [1.82, 2.24) is 20.1 Å². The van der Waals surface area contributed by atoms with Crippen LogP contribution in [0, 0.1) is 11.7 Å². The molecule has 0 aliphatic carbocycles. The van der Waals surface area contributed by atoms with Crippen LogP contribution in [0.1, 0.15) is 16.9 Å². The molecule has 0 saturated heterocycles. The summed E-state index contributed by atoms with van der Waals surface area (Å²) in [5.41, 5.74) is 2.17. The Morgan fingerprint density at radius 2 is 2.12 bits per heavy atom. The lowest BCUT2D eigenvalue weighted by Gasteiger charge is -2.08. The summed E-state index contributed by atoms with van der Waals surface area (Å²) in [5, 5.41) is 12.0. The molecule has 0 atom stereocenters. The lowest BCUT2D eigenvalue weighted by atomic mass is 10.1.